The van der Waals surface area contributed by atoms with E-state index in [4.69, 9.17) is 36.3 Å². The van der Waals surface area contributed by atoms with Gasteiger partial charge >= 0.3 is 5.97 Å². The van der Waals surface area contributed by atoms with Crippen LogP contribution >= 0.6 is 11.6 Å². The summed E-state index contributed by atoms with van der Waals surface area (Å²) >= 11 is 6.22. The Hall–Kier alpha value is -4.93. The third kappa shape index (κ3) is 6.04. The number of esters is 1. The van der Waals surface area contributed by atoms with Gasteiger partial charge in [0.05, 0.1) is 5.92 Å². The molecule has 7 nitrogen and oxygen atoms in total. The van der Waals surface area contributed by atoms with Gasteiger partial charge in [-0.3, -0.25) is 0 Å². The average Bonchev–Trinajstić information content (AvgIpc) is 2.95. The van der Waals surface area contributed by atoms with Crippen LogP contribution in [0.5, 0.6) is 23.0 Å². The van der Waals surface area contributed by atoms with Gasteiger partial charge in [0.25, 0.3) is 0 Å². The second kappa shape index (κ2) is 11.9. The van der Waals surface area contributed by atoms with Crippen LogP contribution in [0.2, 0.25) is 5.02 Å². The lowest BCUT2D eigenvalue weighted by atomic mass is 9.83. The summed E-state index contributed by atoms with van der Waals surface area (Å²) in [5.41, 5.74) is 9.86. The molecular formula is C32H25ClN2O5. The van der Waals surface area contributed by atoms with Crippen molar-refractivity contribution < 1.29 is 23.7 Å². The Morgan fingerprint density at radius 2 is 1.73 bits per heavy atom. The van der Waals surface area contributed by atoms with Crippen molar-refractivity contribution in [2.24, 2.45) is 5.73 Å². The van der Waals surface area contributed by atoms with Crippen LogP contribution < -0.4 is 24.7 Å². The fourth-order valence-corrected chi connectivity index (χ4v) is 4.57. The molecular weight excluding hydrogens is 528 g/mol. The molecule has 2 N–H and O–H groups in total. The highest BCUT2D eigenvalue weighted by atomic mass is 35.5. The molecule has 5 rings (SSSR count). The van der Waals surface area contributed by atoms with Crippen LogP contribution in [0, 0.1) is 18.3 Å². The zero-order chi connectivity index (χ0) is 28.1. The summed E-state index contributed by atoms with van der Waals surface area (Å²) in [5, 5.41) is 10.5. The Labute approximate surface area is 236 Å². The van der Waals surface area contributed by atoms with Crippen molar-refractivity contribution in [1.29, 1.82) is 5.26 Å². The van der Waals surface area contributed by atoms with Crippen LogP contribution in [0.15, 0.2) is 102 Å². The SMILES string of the molecule is Cc1cccc(OCC(=O)Oc2ccc3c(c2)OC(N)=C(C#N)C3c2ccc(OCc3ccccc3Cl)cc2)c1. The number of halogens is 1. The van der Waals surface area contributed by atoms with Crippen molar-refractivity contribution >= 4 is 17.6 Å². The molecule has 40 heavy (non-hydrogen) atoms. The van der Waals surface area contributed by atoms with Crippen LogP contribution in [0.1, 0.15) is 28.2 Å². The molecule has 0 bridgehead atoms. The van der Waals surface area contributed by atoms with Crippen LogP contribution in [-0.2, 0) is 11.4 Å². The number of hydrogen-bond donors (Lipinski definition) is 1. The maximum atomic E-state index is 12.4. The minimum Gasteiger partial charge on any atom is -0.489 e. The third-order valence-corrected chi connectivity index (χ3v) is 6.70. The van der Waals surface area contributed by atoms with Crippen LogP contribution in [0.25, 0.3) is 0 Å². The highest BCUT2D eigenvalue weighted by molar-refractivity contribution is 6.31. The Balaban J connectivity index is 1.31. The Morgan fingerprint density at radius 1 is 0.950 bits per heavy atom. The largest absolute Gasteiger partial charge is 0.489 e. The number of aryl methyl sites for hydroxylation is 1. The molecule has 4 aromatic carbocycles. The molecule has 1 heterocycles. The van der Waals surface area contributed by atoms with Crippen molar-refractivity contribution in [3.63, 3.8) is 0 Å². The molecule has 0 fully saturated rings. The second-order valence-electron chi connectivity index (χ2n) is 9.15. The van der Waals surface area contributed by atoms with Crippen molar-refractivity contribution in [3.05, 3.63) is 130 Å². The molecule has 0 aromatic heterocycles. The molecule has 1 atom stereocenters. The molecule has 0 aliphatic carbocycles. The molecule has 200 valence electrons. The van der Waals surface area contributed by atoms with Gasteiger partial charge in [-0.15, -0.1) is 0 Å². The van der Waals surface area contributed by atoms with E-state index in [-0.39, 0.29) is 23.8 Å². The van der Waals surface area contributed by atoms with Crippen molar-refractivity contribution in [2.75, 3.05) is 6.61 Å². The summed E-state index contributed by atoms with van der Waals surface area (Å²) in [6, 6.07) is 29.5. The molecule has 0 amide bonds. The number of allylic oxidation sites excluding steroid dienone is 1. The van der Waals surface area contributed by atoms with Crippen molar-refractivity contribution in [1.82, 2.24) is 0 Å². The lowest BCUT2D eigenvalue weighted by Gasteiger charge is -2.26. The molecule has 4 aromatic rings. The number of nitriles is 1. The second-order valence-corrected chi connectivity index (χ2v) is 9.56. The van der Waals surface area contributed by atoms with E-state index in [1.807, 2.05) is 73.7 Å². The maximum Gasteiger partial charge on any atom is 0.349 e. The summed E-state index contributed by atoms with van der Waals surface area (Å²) in [5.74, 6) is 0.850. The van der Waals surface area contributed by atoms with Gasteiger partial charge in [-0.05, 0) is 54.4 Å². The number of nitrogens with two attached hydrogens (primary N) is 1. The molecule has 0 saturated carbocycles. The lowest BCUT2D eigenvalue weighted by Crippen LogP contribution is -2.21. The predicted molar refractivity (Wildman–Crippen MR) is 150 cm³/mol. The van der Waals surface area contributed by atoms with E-state index in [1.54, 1.807) is 24.3 Å². The number of carbonyl (C=O) groups excluding carboxylic acids is 1. The van der Waals surface area contributed by atoms with Gasteiger partial charge in [-0.1, -0.05) is 60.1 Å². The van der Waals surface area contributed by atoms with Gasteiger partial charge in [0.1, 0.15) is 41.2 Å². The quantitative estimate of drug-likeness (QED) is 0.198. The van der Waals surface area contributed by atoms with Gasteiger partial charge in [0, 0.05) is 22.2 Å². The van der Waals surface area contributed by atoms with E-state index in [1.165, 1.54) is 0 Å². The Kier molecular flexibility index (Phi) is 7.90. The van der Waals surface area contributed by atoms with Crippen molar-refractivity contribution in [3.8, 4) is 29.1 Å². The van der Waals surface area contributed by atoms with Gasteiger partial charge in [-0.25, -0.2) is 4.79 Å². The van der Waals surface area contributed by atoms with Gasteiger partial charge in [0.2, 0.25) is 5.88 Å². The molecule has 1 aliphatic heterocycles. The molecule has 1 aliphatic rings. The Bertz CT molecular complexity index is 1630. The summed E-state index contributed by atoms with van der Waals surface area (Å²) in [7, 11) is 0. The monoisotopic (exact) mass is 552 g/mol. The first-order valence-electron chi connectivity index (χ1n) is 12.5. The fraction of sp³-hybridized carbons (Fsp3) is 0.125. The van der Waals surface area contributed by atoms with Crippen LogP contribution in [0.3, 0.4) is 0 Å². The van der Waals surface area contributed by atoms with E-state index < -0.39 is 11.9 Å². The number of hydrogen-bond acceptors (Lipinski definition) is 7. The molecule has 8 heteroatoms. The summed E-state index contributed by atoms with van der Waals surface area (Å²) < 4.78 is 22.6. The van der Waals surface area contributed by atoms with Gasteiger partial charge in [0.15, 0.2) is 6.61 Å². The van der Waals surface area contributed by atoms with Gasteiger partial charge in [-0.2, -0.15) is 5.26 Å². The highest BCUT2D eigenvalue weighted by Gasteiger charge is 2.31. The van der Waals surface area contributed by atoms with Crippen LogP contribution in [-0.4, -0.2) is 12.6 Å². The maximum absolute atomic E-state index is 12.4. The first-order chi connectivity index (χ1) is 19.4. The van der Waals surface area contributed by atoms with Crippen LogP contribution in [0.4, 0.5) is 0 Å². The smallest absolute Gasteiger partial charge is 0.349 e. The lowest BCUT2D eigenvalue weighted by molar-refractivity contribution is -0.136. The zero-order valence-electron chi connectivity index (χ0n) is 21.6. The highest BCUT2D eigenvalue weighted by Crippen LogP contribution is 2.43. The number of ether oxygens (including phenoxy) is 4. The predicted octanol–water partition coefficient (Wildman–Crippen LogP) is 6.43. The van der Waals surface area contributed by atoms with E-state index in [9.17, 15) is 10.1 Å². The number of benzene rings is 4. The zero-order valence-corrected chi connectivity index (χ0v) is 22.4. The fourth-order valence-electron chi connectivity index (χ4n) is 4.38. The molecule has 1 unspecified atom stereocenters. The minimum atomic E-state index is -0.567. The number of fused-ring (bicyclic) bond motifs is 1. The summed E-state index contributed by atoms with van der Waals surface area (Å²) in [6.45, 7) is 2.01. The number of rotatable bonds is 8. The average molecular weight is 553 g/mol. The minimum absolute atomic E-state index is 0.00898. The first-order valence-corrected chi connectivity index (χ1v) is 12.9. The summed E-state index contributed by atoms with van der Waals surface area (Å²) in [4.78, 5) is 12.4. The molecule has 0 saturated heterocycles. The van der Waals surface area contributed by atoms with E-state index in [0.29, 0.717) is 34.4 Å². The topological polar surface area (TPSA) is 104 Å². The third-order valence-electron chi connectivity index (χ3n) is 6.33. The summed E-state index contributed by atoms with van der Waals surface area (Å²) in [6.07, 6.45) is 0. The van der Waals surface area contributed by atoms with E-state index in [2.05, 4.69) is 6.07 Å². The number of carbonyl (C=O) groups is 1. The standard InChI is InChI=1S/C32H25ClN2O5/c1-20-5-4-7-24(15-20)38-19-30(36)39-25-13-14-26-29(16-25)40-32(35)27(17-34)31(26)21-9-11-23(12-10-21)37-18-22-6-2-3-8-28(22)33/h2-16,31H,18-19,35H2,1H3. The number of nitrogens with zero attached hydrogens (tertiary/aromatic N) is 1. The molecule has 0 radical (unpaired) electrons. The van der Waals surface area contributed by atoms with Crippen molar-refractivity contribution in [2.45, 2.75) is 19.4 Å². The first kappa shape index (κ1) is 26.7. The normalized spacial score (nSPS) is 14.0. The molecule has 0 spiro atoms. The van der Waals surface area contributed by atoms with Gasteiger partial charge < -0.3 is 24.7 Å². The van der Waals surface area contributed by atoms with E-state index >= 15 is 0 Å². The Morgan fingerprint density at radius 3 is 2.48 bits per heavy atom. The van der Waals surface area contributed by atoms with E-state index in [0.717, 1.165) is 16.7 Å².